The van der Waals surface area contributed by atoms with Crippen LogP contribution >= 0.6 is 11.8 Å². The molecule has 4 aromatic rings. The Hall–Kier alpha value is -2.64. The highest BCUT2D eigenvalue weighted by Gasteiger charge is 2.13. The van der Waals surface area contributed by atoms with Crippen LogP contribution in [0.2, 0.25) is 0 Å². The lowest BCUT2D eigenvalue weighted by Gasteiger charge is -2.11. The Morgan fingerprint density at radius 2 is 1.86 bits per heavy atom. The fourth-order valence-corrected chi connectivity index (χ4v) is 3.69. The third-order valence-corrected chi connectivity index (χ3v) is 5.79. The van der Waals surface area contributed by atoms with Gasteiger partial charge in [-0.25, -0.2) is 9.50 Å². The van der Waals surface area contributed by atoms with Crippen molar-refractivity contribution in [3.8, 4) is 5.75 Å². The molecular formula is C21H22N4O2S. The van der Waals surface area contributed by atoms with Gasteiger partial charge in [0.1, 0.15) is 12.4 Å². The molecule has 2 aromatic heterocycles. The molecule has 2 aromatic carbocycles. The summed E-state index contributed by atoms with van der Waals surface area (Å²) in [4.78, 5) is 8.93. The summed E-state index contributed by atoms with van der Waals surface area (Å²) in [7, 11) is 0. The number of rotatable bonds is 6. The zero-order valence-corrected chi connectivity index (χ0v) is 16.9. The second-order valence-electron chi connectivity index (χ2n) is 6.80. The molecule has 1 N–H and O–H groups in total. The fraction of sp³-hybridized carbons (Fsp3) is 0.286. The van der Waals surface area contributed by atoms with E-state index in [4.69, 9.17) is 4.74 Å². The topological polar surface area (TPSA) is 72.5 Å². The predicted octanol–water partition coefficient (Wildman–Crippen LogP) is 3.73. The van der Waals surface area contributed by atoms with E-state index in [-0.39, 0.29) is 6.61 Å². The van der Waals surface area contributed by atoms with Crippen molar-refractivity contribution in [2.24, 2.45) is 0 Å². The normalized spacial score (nSPS) is 12.6. The second kappa shape index (κ2) is 7.77. The van der Waals surface area contributed by atoms with Gasteiger partial charge < -0.3 is 9.84 Å². The summed E-state index contributed by atoms with van der Waals surface area (Å²) in [5.41, 5.74) is 3.09. The van der Waals surface area contributed by atoms with Gasteiger partial charge in [0.15, 0.2) is 0 Å². The standard InChI is InChI=1S/C21H22N4O2S/c1-13-14(2)22-20-23-21(24-25(20)15(13)3)28-12-18(26)11-27-19-9-8-16-6-4-5-7-17(16)10-19/h4-10,18,26H,11-12H2,1-3H3. The highest BCUT2D eigenvalue weighted by Crippen LogP contribution is 2.22. The summed E-state index contributed by atoms with van der Waals surface area (Å²) in [5.74, 6) is 1.78. The molecule has 28 heavy (non-hydrogen) atoms. The van der Waals surface area contributed by atoms with Gasteiger partial charge >= 0.3 is 0 Å². The first-order chi connectivity index (χ1) is 13.5. The van der Waals surface area contributed by atoms with E-state index in [9.17, 15) is 5.11 Å². The third-order valence-electron chi connectivity index (χ3n) is 4.81. The van der Waals surface area contributed by atoms with Gasteiger partial charge in [-0.15, -0.1) is 5.10 Å². The number of benzene rings is 2. The molecule has 0 fully saturated rings. The highest BCUT2D eigenvalue weighted by molar-refractivity contribution is 7.99. The molecule has 1 atom stereocenters. The fourth-order valence-electron chi connectivity index (χ4n) is 2.97. The van der Waals surface area contributed by atoms with Crippen molar-refractivity contribution in [3.63, 3.8) is 0 Å². The Morgan fingerprint density at radius 3 is 2.68 bits per heavy atom. The molecule has 0 radical (unpaired) electrons. The molecule has 0 aliphatic heterocycles. The van der Waals surface area contributed by atoms with Gasteiger partial charge in [0.05, 0.1) is 6.10 Å². The molecule has 2 heterocycles. The number of thioether (sulfide) groups is 1. The molecule has 7 heteroatoms. The number of nitrogens with zero attached hydrogens (tertiary/aromatic N) is 4. The highest BCUT2D eigenvalue weighted by atomic mass is 32.2. The van der Waals surface area contributed by atoms with Crippen molar-refractivity contribution in [2.75, 3.05) is 12.4 Å². The van der Waals surface area contributed by atoms with Gasteiger partial charge in [-0.2, -0.15) is 4.98 Å². The Bertz CT molecular complexity index is 1140. The zero-order valence-electron chi connectivity index (χ0n) is 16.1. The van der Waals surface area contributed by atoms with Crippen molar-refractivity contribution in [1.29, 1.82) is 0 Å². The summed E-state index contributed by atoms with van der Waals surface area (Å²) < 4.78 is 7.50. The summed E-state index contributed by atoms with van der Waals surface area (Å²) in [6.45, 7) is 6.22. The molecule has 1 unspecified atom stereocenters. The first kappa shape index (κ1) is 18.7. The van der Waals surface area contributed by atoms with E-state index in [0.717, 1.165) is 28.1 Å². The maximum Gasteiger partial charge on any atom is 0.253 e. The number of aliphatic hydroxyl groups excluding tert-OH is 1. The predicted molar refractivity (Wildman–Crippen MR) is 111 cm³/mol. The van der Waals surface area contributed by atoms with Crippen molar-refractivity contribution < 1.29 is 9.84 Å². The van der Waals surface area contributed by atoms with Crippen LogP contribution in [0.1, 0.15) is 17.0 Å². The molecule has 4 rings (SSSR count). The van der Waals surface area contributed by atoms with E-state index < -0.39 is 6.10 Å². The van der Waals surface area contributed by atoms with E-state index in [1.807, 2.05) is 57.2 Å². The van der Waals surface area contributed by atoms with Crippen molar-refractivity contribution in [3.05, 3.63) is 59.4 Å². The molecule has 0 aliphatic rings. The SMILES string of the molecule is Cc1nc2nc(SCC(O)COc3ccc4ccccc4c3)nn2c(C)c1C. The summed E-state index contributed by atoms with van der Waals surface area (Å²) in [6, 6.07) is 14.0. The third kappa shape index (κ3) is 3.81. The average molecular weight is 395 g/mol. The molecule has 0 amide bonds. The van der Waals surface area contributed by atoms with Gasteiger partial charge in [0.25, 0.3) is 5.78 Å². The second-order valence-corrected chi connectivity index (χ2v) is 7.79. The summed E-state index contributed by atoms with van der Waals surface area (Å²) in [5, 5.41) is 17.7. The van der Waals surface area contributed by atoms with Crippen molar-refractivity contribution >= 4 is 28.3 Å². The van der Waals surface area contributed by atoms with E-state index in [1.54, 1.807) is 4.52 Å². The van der Waals surface area contributed by atoms with Crippen LogP contribution in [0.25, 0.3) is 16.6 Å². The van der Waals surface area contributed by atoms with Crippen LogP contribution < -0.4 is 4.74 Å². The van der Waals surface area contributed by atoms with Gasteiger partial charge in [0, 0.05) is 17.1 Å². The van der Waals surface area contributed by atoms with Crippen LogP contribution in [0.4, 0.5) is 0 Å². The smallest absolute Gasteiger partial charge is 0.253 e. The van der Waals surface area contributed by atoms with Crippen LogP contribution in [-0.4, -0.2) is 43.2 Å². The van der Waals surface area contributed by atoms with Gasteiger partial charge in [-0.1, -0.05) is 42.1 Å². The minimum atomic E-state index is -0.624. The van der Waals surface area contributed by atoms with Crippen LogP contribution in [0.15, 0.2) is 47.6 Å². The maximum absolute atomic E-state index is 10.3. The Labute approximate surface area is 167 Å². The van der Waals surface area contributed by atoms with Gasteiger partial charge in [-0.3, -0.25) is 0 Å². The lowest BCUT2D eigenvalue weighted by molar-refractivity contribution is 0.126. The molecule has 6 nitrogen and oxygen atoms in total. The molecule has 0 saturated heterocycles. The average Bonchev–Trinajstić information content (AvgIpc) is 3.12. The van der Waals surface area contributed by atoms with Gasteiger partial charge in [-0.05, 0) is 49.2 Å². The van der Waals surface area contributed by atoms with Crippen molar-refractivity contribution in [1.82, 2.24) is 19.6 Å². The molecule has 0 spiro atoms. The number of ether oxygens (including phenoxy) is 1. The van der Waals surface area contributed by atoms with E-state index in [2.05, 4.69) is 21.1 Å². The Balaban J connectivity index is 1.37. The van der Waals surface area contributed by atoms with E-state index in [0.29, 0.717) is 16.7 Å². The number of hydrogen-bond acceptors (Lipinski definition) is 6. The Morgan fingerprint density at radius 1 is 1.07 bits per heavy atom. The van der Waals surface area contributed by atoms with Crippen LogP contribution in [-0.2, 0) is 0 Å². The molecule has 0 saturated carbocycles. The number of aliphatic hydroxyl groups is 1. The van der Waals surface area contributed by atoms with E-state index >= 15 is 0 Å². The monoisotopic (exact) mass is 394 g/mol. The van der Waals surface area contributed by atoms with Crippen LogP contribution in [0.5, 0.6) is 5.75 Å². The molecule has 144 valence electrons. The lowest BCUT2D eigenvalue weighted by atomic mass is 10.1. The van der Waals surface area contributed by atoms with Crippen LogP contribution in [0, 0.1) is 20.8 Å². The number of fused-ring (bicyclic) bond motifs is 2. The Kier molecular flexibility index (Phi) is 5.19. The zero-order chi connectivity index (χ0) is 19.7. The lowest BCUT2D eigenvalue weighted by Crippen LogP contribution is -2.20. The first-order valence-corrected chi connectivity index (χ1v) is 10.1. The molecule has 0 bridgehead atoms. The first-order valence-electron chi connectivity index (χ1n) is 9.14. The molecule has 0 aliphatic carbocycles. The van der Waals surface area contributed by atoms with E-state index in [1.165, 1.54) is 17.1 Å². The quantitative estimate of drug-likeness (QED) is 0.502. The van der Waals surface area contributed by atoms with Crippen molar-refractivity contribution in [2.45, 2.75) is 32.0 Å². The minimum Gasteiger partial charge on any atom is -0.491 e. The summed E-state index contributed by atoms with van der Waals surface area (Å²) in [6.07, 6.45) is -0.624. The molecular weight excluding hydrogens is 372 g/mol. The number of aromatic nitrogens is 4. The largest absolute Gasteiger partial charge is 0.491 e. The number of hydrogen-bond donors (Lipinski definition) is 1. The van der Waals surface area contributed by atoms with Gasteiger partial charge in [0.2, 0.25) is 5.16 Å². The minimum absolute atomic E-state index is 0.216. The summed E-state index contributed by atoms with van der Waals surface area (Å²) >= 11 is 1.40. The van der Waals surface area contributed by atoms with Crippen LogP contribution in [0.3, 0.4) is 0 Å². The number of aryl methyl sites for hydroxylation is 2. The maximum atomic E-state index is 10.3.